The van der Waals surface area contributed by atoms with Gasteiger partial charge in [0.1, 0.15) is 0 Å². The number of benzene rings is 1. The summed E-state index contributed by atoms with van der Waals surface area (Å²) in [5.74, 6) is -13.6. The first kappa shape index (κ1) is 14.7. The summed E-state index contributed by atoms with van der Waals surface area (Å²) in [4.78, 5) is 10.6. The Kier molecular flexibility index (Phi) is 4.55. The van der Waals surface area contributed by atoms with Crippen LogP contribution in [0.3, 0.4) is 0 Å². The zero-order chi connectivity index (χ0) is 14.0. The van der Waals surface area contributed by atoms with Crippen LogP contribution in [0.1, 0.15) is 5.56 Å². The van der Waals surface area contributed by atoms with Gasteiger partial charge in [0, 0.05) is 11.3 Å². The van der Waals surface area contributed by atoms with E-state index in [0.29, 0.717) is 0 Å². The van der Waals surface area contributed by atoms with Crippen molar-refractivity contribution in [1.82, 2.24) is 0 Å². The van der Waals surface area contributed by atoms with E-state index in [0.717, 1.165) is 0 Å². The molecule has 0 spiro atoms. The van der Waals surface area contributed by atoms with Gasteiger partial charge in [-0.15, -0.1) is 0 Å². The fraction of sp³-hybridized carbons (Fsp3) is 0.300. The van der Waals surface area contributed by atoms with Gasteiger partial charge in [0.25, 0.3) is 0 Å². The molecule has 1 aromatic rings. The van der Waals surface area contributed by atoms with E-state index in [1.165, 1.54) is 0 Å². The third-order valence-corrected chi connectivity index (χ3v) is 2.76. The quantitative estimate of drug-likeness (QED) is 0.386. The van der Waals surface area contributed by atoms with Gasteiger partial charge in [-0.2, -0.15) is 12.6 Å². The number of carbonyl (C=O) groups is 1. The van der Waals surface area contributed by atoms with Crippen LogP contribution in [0.4, 0.5) is 22.0 Å². The SMILES string of the molecule is O=C(O)C(CS)Cc1c(F)c(F)c(F)c(F)c1F. The van der Waals surface area contributed by atoms with Crippen LogP contribution in [0.5, 0.6) is 0 Å². The molecule has 8 heteroatoms. The van der Waals surface area contributed by atoms with E-state index in [1.54, 1.807) is 0 Å². The zero-order valence-electron chi connectivity index (χ0n) is 8.68. The molecule has 0 aliphatic carbocycles. The van der Waals surface area contributed by atoms with Gasteiger partial charge in [0.05, 0.1) is 5.92 Å². The Hall–Kier alpha value is -1.31. The van der Waals surface area contributed by atoms with E-state index in [4.69, 9.17) is 5.11 Å². The summed E-state index contributed by atoms with van der Waals surface area (Å²) in [7, 11) is 0. The number of rotatable bonds is 4. The molecule has 1 aromatic carbocycles. The first-order valence-corrected chi connectivity index (χ1v) is 5.28. The Balaban J connectivity index is 3.29. The van der Waals surface area contributed by atoms with Crippen LogP contribution in [0.2, 0.25) is 0 Å². The lowest BCUT2D eigenvalue weighted by Crippen LogP contribution is -2.20. The second-order valence-corrected chi connectivity index (χ2v) is 3.84. The predicted molar refractivity (Wildman–Crippen MR) is 54.9 cm³/mol. The second-order valence-electron chi connectivity index (χ2n) is 3.47. The van der Waals surface area contributed by atoms with Gasteiger partial charge in [-0.3, -0.25) is 4.79 Å². The van der Waals surface area contributed by atoms with Crippen LogP contribution in [0, 0.1) is 35.0 Å². The second kappa shape index (κ2) is 5.55. The number of thiol groups is 1. The molecule has 0 saturated carbocycles. The summed E-state index contributed by atoms with van der Waals surface area (Å²) in [6, 6.07) is 0. The van der Waals surface area contributed by atoms with Gasteiger partial charge >= 0.3 is 5.97 Å². The van der Waals surface area contributed by atoms with Crippen molar-refractivity contribution in [3.8, 4) is 0 Å². The molecule has 0 aliphatic rings. The topological polar surface area (TPSA) is 37.3 Å². The molecule has 0 aromatic heterocycles. The Labute approximate surface area is 104 Å². The van der Waals surface area contributed by atoms with E-state index in [2.05, 4.69) is 12.6 Å². The number of halogens is 5. The average molecular weight is 286 g/mol. The van der Waals surface area contributed by atoms with E-state index < -0.39 is 53.0 Å². The molecule has 0 fully saturated rings. The Bertz CT molecular complexity index is 463. The summed E-state index contributed by atoms with van der Waals surface area (Å²) >= 11 is 3.64. The highest BCUT2D eigenvalue weighted by Crippen LogP contribution is 2.25. The minimum Gasteiger partial charge on any atom is -0.481 e. The Morgan fingerprint density at radius 2 is 1.39 bits per heavy atom. The summed E-state index contributed by atoms with van der Waals surface area (Å²) in [6.45, 7) is 0. The molecule has 0 aliphatic heterocycles. The maximum absolute atomic E-state index is 13.2. The largest absolute Gasteiger partial charge is 0.481 e. The normalized spacial score (nSPS) is 12.6. The van der Waals surface area contributed by atoms with Crippen molar-refractivity contribution >= 4 is 18.6 Å². The minimum atomic E-state index is -2.27. The lowest BCUT2D eigenvalue weighted by Gasteiger charge is -2.12. The number of hydrogen-bond donors (Lipinski definition) is 2. The van der Waals surface area contributed by atoms with Crippen molar-refractivity contribution in [3.05, 3.63) is 34.6 Å². The standard InChI is InChI=1S/C10H7F5O2S/c11-5-4(1-3(2-18)10(16)17)6(12)8(14)9(15)7(5)13/h3,18H,1-2H2,(H,16,17). The van der Waals surface area contributed by atoms with E-state index in [-0.39, 0.29) is 5.75 Å². The highest BCUT2D eigenvalue weighted by Gasteiger charge is 2.28. The monoisotopic (exact) mass is 286 g/mol. The molecular weight excluding hydrogens is 279 g/mol. The molecule has 100 valence electrons. The number of aliphatic carboxylic acids is 1. The predicted octanol–water partition coefficient (Wildman–Crippen LogP) is 2.56. The van der Waals surface area contributed by atoms with Crippen molar-refractivity contribution < 1.29 is 31.9 Å². The molecule has 1 atom stereocenters. The fourth-order valence-electron chi connectivity index (χ4n) is 1.31. The maximum Gasteiger partial charge on any atom is 0.307 e. The van der Waals surface area contributed by atoms with Crippen LogP contribution in [-0.2, 0) is 11.2 Å². The Morgan fingerprint density at radius 1 is 1.00 bits per heavy atom. The van der Waals surface area contributed by atoms with Crippen molar-refractivity contribution in [1.29, 1.82) is 0 Å². The summed E-state index contributed by atoms with van der Waals surface area (Å²) < 4.78 is 64.8. The highest BCUT2D eigenvalue weighted by molar-refractivity contribution is 7.80. The lowest BCUT2D eigenvalue weighted by molar-refractivity contribution is -0.140. The van der Waals surface area contributed by atoms with Gasteiger partial charge in [-0.1, -0.05) is 0 Å². The maximum atomic E-state index is 13.2. The molecule has 0 heterocycles. The summed E-state index contributed by atoms with van der Waals surface area (Å²) in [5.41, 5.74) is -1.15. The third-order valence-electron chi connectivity index (χ3n) is 2.32. The summed E-state index contributed by atoms with van der Waals surface area (Å²) in [6.07, 6.45) is -0.829. The molecule has 1 N–H and O–H groups in total. The van der Waals surface area contributed by atoms with Crippen LogP contribution in [0.15, 0.2) is 0 Å². The number of hydrogen-bond acceptors (Lipinski definition) is 2. The molecule has 0 bridgehead atoms. The van der Waals surface area contributed by atoms with Gasteiger partial charge in [-0.05, 0) is 6.42 Å². The van der Waals surface area contributed by atoms with E-state index >= 15 is 0 Å². The lowest BCUT2D eigenvalue weighted by atomic mass is 9.99. The van der Waals surface area contributed by atoms with E-state index in [9.17, 15) is 26.7 Å². The van der Waals surface area contributed by atoms with Crippen LogP contribution >= 0.6 is 12.6 Å². The zero-order valence-corrected chi connectivity index (χ0v) is 9.58. The van der Waals surface area contributed by atoms with Crippen LogP contribution in [-0.4, -0.2) is 16.8 Å². The van der Waals surface area contributed by atoms with Gasteiger partial charge in [0.2, 0.25) is 5.82 Å². The molecular formula is C10H7F5O2S. The third kappa shape index (κ3) is 2.58. The first-order valence-electron chi connectivity index (χ1n) is 4.65. The number of carboxylic acids is 1. The van der Waals surface area contributed by atoms with Gasteiger partial charge < -0.3 is 5.11 Å². The molecule has 1 unspecified atom stereocenters. The van der Waals surface area contributed by atoms with Crippen LogP contribution in [0.25, 0.3) is 0 Å². The molecule has 18 heavy (non-hydrogen) atoms. The average Bonchev–Trinajstić information content (AvgIpc) is 2.34. The Morgan fingerprint density at radius 3 is 1.72 bits per heavy atom. The van der Waals surface area contributed by atoms with Crippen molar-refractivity contribution in [2.24, 2.45) is 5.92 Å². The van der Waals surface area contributed by atoms with Crippen LogP contribution < -0.4 is 0 Å². The molecule has 0 saturated heterocycles. The fourth-order valence-corrected chi connectivity index (χ4v) is 1.59. The molecule has 1 rings (SSSR count). The smallest absolute Gasteiger partial charge is 0.307 e. The van der Waals surface area contributed by atoms with Crippen molar-refractivity contribution in [3.63, 3.8) is 0 Å². The molecule has 2 nitrogen and oxygen atoms in total. The summed E-state index contributed by atoms with van der Waals surface area (Å²) in [5, 5.41) is 8.65. The van der Waals surface area contributed by atoms with Gasteiger partial charge in [-0.25, -0.2) is 22.0 Å². The highest BCUT2D eigenvalue weighted by atomic mass is 32.1. The van der Waals surface area contributed by atoms with Gasteiger partial charge in [0.15, 0.2) is 23.3 Å². The van der Waals surface area contributed by atoms with Crippen molar-refractivity contribution in [2.75, 3.05) is 5.75 Å². The molecule has 0 amide bonds. The first-order chi connectivity index (χ1) is 8.31. The minimum absolute atomic E-state index is 0.297. The number of carboxylic acid groups (broad SMARTS) is 1. The van der Waals surface area contributed by atoms with Crippen molar-refractivity contribution in [2.45, 2.75) is 6.42 Å². The molecule has 0 radical (unpaired) electrons. The van der Waals surface area contributed by atoms with E-state index in [1.807, 2.05) is 0 Å².